The van der Waals surface area contributed by atoms with Gasteiger partial charge in [-0.1, -0.05) is 30.3 Å². The fourth-order valence-electron chi connectivity index (χ4n) is 3.00. The van der Waals surface area contributed by atoms with Crippen molar-refractivity contribution in [3.63, 3.8) is 0 Å². The second-order valence-electron chi connectivity index (χ2n) is 6.77. The molecule has 0 amide bonds. The third kappa shape index (κ3) is 6.25. The van der Waals surface area contributed by atoms with Crippen LogP contribution in [0.15, 0.2) is 70.2 Å². The molecule has 0 saturated heterocycles. The van der Waals surface area contributed by atoms with Gasteiger partial charge in [-0.15, -0.1) is 0 Å². The van der Waals surface area contributed by atoms with E-state index in [4.69, 9.17) is 19.5 Å². The van der Waals surface area contributed by atoms with E-state index in [1.54, 1.807) is 25.5 Å². The van der Waals surface area contributed by atoms with E-state index in [-0.39, 0.29) is 0 Å². The lowest BCUT2D eigenvalue weighted by atomic mass is 10.1. The van der Waals surface area contributed by atoms with Gasteiger partial charge in [-0.3, -0.25) is 0 Å². The minimum atomic E-state index is 0.359. The zero-order valence-corrected chi connectivity index (χ0v) is 19.6. The molecule has 0 bridgehead atoms. The van der Waals surface area contributed by atoms with Crippen molar-refractivity contribution in [3.8, 4) is 23.3 Å². The maximum Gasteiger partial charge on any atom is 0.175 e. The number of benzene rings is 3. The minimum Gasteiger partial charge on any atom is -0.496 e. The number of halogens is 1. The van der Waals surface area contributed by atoms with Crippen LogP contribution in [-0.4, -0.2) is 19.9 Å². The summed E-state index contributed by atoms with van der Waals surface area (Å²) in [5.41, 5.74) is 6.51. The highest BCUT2D eigenvalue weighted by Crippen LogP contribution is 2.37. The van der Waals surface area contributed by atoms with Gasteiger partial charge in [0.05, 0.1) is 42.6 Å². The predicted octanol–water partition coefficient (Wildman–Crippen LogP) is 5.43. The normalized spacial score (nSPS) is 10.6. The molecule has 164 valence electrons. The number of ether oxygens (including phenoxy) is 3. The summed E-state index contributed by atoms with van der Waals surface area (Å²) >= 11 is 3.58. The molecular formula is C25H24BrN3O3. The minimum absolute atomic E-state index is 0.359. The predicted molar refractivity (Wildman–Crippen MR) is 128 cm³/mol. The van der Waals surface area contributed by atoms with E-state index in [1.165, 1.54) is 0 Å². The summed E-state index contributed by atoms with van der Waals surface area (Å²) in [5, 5.41) is 13.2. The monoisotopic (exact) mass is 493 g/mol. The summed E-state index contributed by atoms with van der Waals surface area (Å²) in [6.07, 6.45) is 1.73. The molecule has 1 N–H and O–H groups in total. The van der Waals surface area contributed by atoms with Crippen molar-refractivity contribution in [1.29, 1.82) is 5.26 Å². The molecule has 0 unspecified atom stereocenters. The highest BCUT2D eigenvalue weighted by Gasteiger charge is 2.12. The fourth-order valence-corrected chi connectivity index (χ4v) is 3.57. The molecular weight excluding hydrogens is 470 g/mol. The van der Waals surface area contributed by atoms with Crippen LogP contribution in [-0.2, 0) is 13.2 Å². The van der Waals surface area contributed by atoms with Crippen molar-refractivity contribution < 1.29 is 14.2 Å². The van der Waals surface area contributed by atoms with Crippen LogP contribution in [0, 0.1) is 11.3 Å². The lowest BCUT2D eigenvalue weighted by Crippen LogP contribution is -2.07. The van der Waals surface area contributed by atoms with E-state index in [0.29, 0.717) is 36.8 Å². The molecule has 3 rings (SSSR count). The number of nitrogens with one attached hydrogen (secondary N) is 1. The fraction of sp³-hybridized carbons (Fsp3) is 0.200. The number of hydrogen-bond acceptors (Lipinski definition) is 6. The molecule has 0 aliphatic heterocycles. The van der Waals surface area contributed by atoms with E-state index >= 15 is 0 Å². The van der Waals surface area contributed by atoms with Crippen molar-refractivity contribution in [2.45, 2.75) is 20.1 Å². The van der Waals surface area contributed by atoms with Crippen LogP contribution in [0.25, 0.3) is 0 Å². The van der Waals surface area contributed by atoms with Gasteiger partial charge in [0.15, 0.2) is 11.5 Å². The number of rotatable bonds is 10. The van der Waals surface area contributed by atoms with Crippen molar-refractivity contribution in [2.75, 3.05) is 13.7 Å². The second kappa shape index (κ2) is 11.8. The molecule has 0 fully saturated rings. The first-order valence-corrected chi connectivity index (χ1v) is 10.9. The standard InChI is InChI=1S/C25H24BrN3O3/c1-3-31-24-13-20(15-28-29-16-21-6-4-5-7-23(21)30-2)12-22(26)25(24)32-17-19-10-8-18(14-27)9-11-19/h4-13,15,29H,3,16-17H2,1-2H3/b28-15-. The van der Waals surface area contributed by atoms with Crippen LogP contribution < -0.4 is 19.6 Å². The summed E-state index contributed by atoms with van der Waals surface area (Å²) in [5.74, 6) is 2.07. The zero-order valence-electron chi connectivity index (χ0n) is 18.0. The Labute approximate surface area is 196 Å². The van der Waals surface area contributed by atoms with Gasteiger partial charge in [-0.25, -0.2) is 0 Å². The number of methoxy groups -OCH3 is 1. The van der Waals surface area contributed by atoms with Gasteiger partial charge in [-0.2, -0.15) is 10.4 Å². The summed E-state index contributed by atoms with van der Waals surface area (Å²) < 4.78 is 17.9. The molecule has 0 heterocycles. The van der Waals surface area contributed by atoms with Crippen LogP contribution in [0.4, 0.5) is 0 Å². The van der Waals surface area contributed by atoms with E-state index < -0.39 is 0 Å². The Hall–Kier alpha value is -3.50. The molecule has 0 radical (unpaired) electrons. The van der Waals surface area contributed by atoms with Gasteiger partial charge in [0.25, 0.3) is 0 Å². The average molecular weight is 494 g/mol. The quantitative estimate of drug-likeness (QED) is 0.301. The van der Waals surface area contributed by atoms with Crippen LogP contribution in [0.2, 0.25) is 0 Å². The molecule has 0 aliphatic rings. The Balaban J connectivity index is 1.68. The maximum atomic E-state index is 8.93. The average Bonchev–Trinajstić information content (AvgIpc) is 2.82. The molecule has 0 spiro atoms. The summed E-state index contributed by atoms with van der Waals surface area (Å²) in [6.45, 7) is 3.34. The number of nitriles is 1. The number of nitrogens with zero attached hydrogens (tertiary/aromatic N) is 2. The van der Waals surface area contributed by atoms with Gasteiger partial charge >= 0.3 is 0 Å². The highest BCUT2D eigenvalue weighted by atomic mass is 79.9. The first-order valence-electron chi connectivity index (χ1n) is 10.1. The Morgan fingerprint density at radius 2 is 1.84 bits per heavy atom. The largest absolute Gasteiger partial charge is 0.496 e. The van der Waals surface area contributed by atoms with Gasteiger partial charge < -0.3 is 19.6 Å². The van der Waals surface area contributed by atoms with E-state index in [9.17, 15) is 0 Å². The molecule has 6 nitrogen and oxygen atoms in total. The zero-order chi connectivity index (χ0) is 22.8. The second-order valence-corrected chi connectivity index (χ2v) is 7.62. The van der Waals surface area contributed by atoms with Gasteiger partial charge in [0, 0.05) is 5.56 Å². The summed E-state index contributed by atoms with van der Waals surface area (Å²) in [4.78, 5) is 0. The van der Waals surface area contributed by atoms with Crippen molar-refractivity contribution >= 4 is 22.1 Å². The van der Waals surface area contributed by atoms with Crippen LogP contribution >= 0.6 is 15.9 Å². The summed E-state index contributed by atoms with van der Waals surface area (Å²) in [7, 11) is 1.65. The van der Waals surface area contributed by atoms with Gasteiger partial charge in [0.1, 0.15) is 12.4 Å². The molecule has 0 aliphatic carbocycles. The first kappa shape index (κ1) is 23.2. The third-order valence-electron chi connectivity index (χ3n) is 4.56. The molecule has 3 aromatic carbocycles. The van der Waals surface area contributed by atoms with Crippen molar-refractivity contribution in [1.82, 2.24) is 5.43 Å². The lowest BCUT2D eigenvalue weighted by Gasteiger charge is -2.15. The van der Waals surface area contributed by atoms with E-state index in [2.05, 4.69) is 32.5 Å². The number of hydrazone groups is 1. The van der Waals surface area contributed by atoms with E-state index in [0.717, 1.165) is 26.9 Å². The van der Waals surface area contributed by atoms with Crippen LogP contribution in [0.5, 0.6) is 17.2 Å². The molecule has 3 aromatic rings. The Kier molecular flexibility index (Phi) is 8.52. The molecule has 0 saturated carbocycles. The number of para-hydroxylation sites is 1. The smallest absolute Gasteiger partial charge is 0.175 e. The topological polar surface area (TPSA) is 75.9 Å². The highest BCUT2D eigenvalue weighted by molar-refractivity contribution is 9.10. The van der Waals surface area contributed by atoms with Crippen molar-refractivity contribution in [2.24, 2.45) is 5.10 Å². The Bertz CT molecular complexity index is 1110. The number of hydrogen-bond donors (Lipinski definition) is 1. The molecule has 32 heavy (non-hydrogen) atoms. The van der Waals surface area contributed by atoms with Crippen LogP contribution in [0.1, 0.15) is 29.2 Å². The molecule has 0 atom stereocenters. The SMILES string of the molecule is CCOc1cc(/C=N\NCc2ccccc2OC)cc(Br)c1OCc1ccc(C#N)cc1. The molecule has 7 heteroatoms. The van der Waals surface area contributed by atoms with Crippen LogP contribution in [0.3, 0.4) is 0 Å². The molecule has 0 aromatic heterocycles. The summed E-state index contributed by atoms with van der Waals surface area (Å²) in [6, 6.07) is 21.0. The maximum absolute atomic E-state index is 8.93. The lowest BCUT2D eigenvalue weighted by molar-refractivity contribution is 0.267. The first-order chi connectivity index (χ1) is 15.6. The van der Waals surface area contributed by atoms with Gasteiger partial charge in [-0.05, 0) is 64.3 Å². The van der Waals surface area contributed by atoms with Crippen molar-refractivity contribution in [3.05, 3.63) is 87.4 Å². The third-order valence-corrected chi connectivity index (χ3v) is 5.15. The van der Waals surface area contributed by atoms with E-state index in [1.807, 2.05) is 55.5 Å². The van der Waals surface area contributed by atoms with Gasteiger partial charge in [0.2, 0.25) is 0 Å². The Morgan fingerprint density at radius 1 is 1.06 bits per heavy atom. The Morgan fingerprint density at radius 3 is 2.56 bits per heavy atom.